The predicted molar refractivity (Wildman–Crippen MR) is 88.4 cm³/mol. The standard InChI is InChI=1S/C16H20N2O2S/c1-9-7-16(18(19)20)10(2)6-15(9)17-12(4)14-8-11(3)21-13(14)5/h6-8,12,17H,1-5H3. The molecular formula is C16H20N2O2S. The molecule has 112 valence electrons. The zero-order valence-corrected chi connectivity index (χ0v) is 13.8. The molecule has 0 aliphatic rings. The zero-order valence-electron chi connectivity index (χ0n) is 13.0. The summed E-state index contributed by atoms with van der Waals surface area (Å²) in [5.41, 5.74) is 3.98. The van der Waals surface area contributed by atoms with E-state index in [-0.39, 0.29) is 16.7 Å². The lowest BCUT2D eigenvalue weighted by atomic mass is 10.1. The molecule has 0 bridgehead atoms. The molecule has 1 aromatic heterocycles. The quantitative estimate of drug-likeness (QED) is 0.634. The van der Waals surface area contributed by atoms with E-state index < -0.39 is 0 Å². The van der Waals surface area contributed by atoms with Crippen molar-refractivity contribution in [2.24, 2.45) is 0 Å². The van der Waals surface area contributed by atoms with Crippen molar-refractivity contribution in [2.75, 3.05) is 5.32 Å². The number of rotatable bonds is 4. The molecule has 0 saturated heterocycles. The van der Waals surface area contributed by atoms with Gasteiger partial charge in [-0.05, 0) is 57.9 Å². The van der Waals surface area contributed by atoms with Crippen LogP contribution in [0.2, 0.25) is 0 Å². The highest BCUT2D eigenvalue weighted by Gasteiger charge is 2.16. The normalized spacial score (nSPS) is 12.2. The molecule has 1 heterocycles. The lowest BCUT2D eigenvalue weighted by molar-refractivity contribution is -0.385. The van der Waals surface area contributed by atoms with Crippen LogP contribution in [0.3, 0.4) is 0 Å². The van der Waals surface area contributed by atoms with Crippen molar-refractivity contribution >= 4 is 22.7 Å². The fourth-order valence-corrected chi connectivity index (χ4v) is 3.57. The topological polar surface area (TPSA) is 55.2 Å². The van der Waals surface area contributed by atoms with E-state index >= 15 is 0 Å². The van der Waals surface area contributed by atoms with Crippen LogP contribution in [0.5, 0.6) is 0 Å². The van der Waals surface area contributed by atoms with Gasteiger partial charge in [-0.3, -0.25) is 10.1 Å². The first-order chi connectivity index (χ1) is 9.79. The Balaban J connectivity index is 2.29. The number of nitrogens with zero attached hydrogens (tertiary/aromatic N) is 1. The van der Waals surface area contributed by atoms with Gasteiger partial charge in [0.2, 0.25) is 0 Å². The minimum Gasteiger partial charge on any atom is -0.378 e. The molecule has 0 amide bonds. The van der Waals surface area contributed by atoms with Gasteiger partial charge in [0.15, 0.2) is 0 Å². The first-order valence-corrected chi connectivity index (χ1v) is 7.70. The highest BCUT2D eigenvalue weighted by atomic mass is 32.1. The molecule has 5 heteroatoms. The van der Waals surface area contributed by atoms with E-state index in [0.29, 0.717) is 5.56 Å². The van der Waals surface area contributed by atoms with Crippen molar-refractivity contribution < 1.29 is 4.92 Å². The van der Waals surface area contributed by atoms with Crippen molar-refractivity contribution in [3.8, 4) is 0 Å². The zero-order chi connectivity index (χ0) is 15.7. The monoisotopic (exact) mass is 304 g/mol. The highest BCUT2D eigenvalue weighted by Crippen LogP contribution is 2.31. The molecule has 0 aliphatic carbocycles. The molecule has 0 aliphatic heterocycles. The number of hydrogen-bond donors (Lipinski definition) is 1. The van der Waals surface area contributed by atoms with Gasteiger partial charge in [0.05, 0.1) is 4.92 Å². The van der Waals surface area contributed by atoms with E-state index in [1.807, 2.05) is 13.0 Å². The Hall–Kier alpha value is -1.88. The summed E-state index contributed by atoms with van der Waals surface area (Å²) < 4.78 is 0. The van der Waals surface area contributed by atoms with Gasteiger partial charge in [0, 0.05) is 33.1 Å². The number of thiophene rings is 1. The van der Waals surface area contributed by atoms with Crippen LogP contribution in [0.25, 0.3) is 0 Å². The number of benzene rings is 1. The number of nitro groups is 1. The third kappa shape index (κ3) is 3.24. The summed E-state index contributed by atoms with van der Waals surface area (Å²) in [5.74, 6) is 0. The van der Waals surface area contributed by atoms with Crippen LogP contribution in [-0.4, -0.2) is 4.92 Å². The fourth-order valence-electron chi connectivity index (χ4n) is 2.54. The van der Waals surface area contributed by atoms with Gasteiger partial charge in [0.1, 0.15) is 0 Å². The summed E-state index contributed by atoms with van der Waals surface area (Å²) >= 11 is 1.79. The van der Waals surface area contributed by atoms with Gasteiger partial charge >= 0.3 is 0 Å². The van der Waals surface area contributed by atoms with Gasteiger partial charge in [-0.25, -0.2) is 0 Å². The SMILES string of the molecule is Cc1cc(C(C)Nc2cc(C)c([N+](=O)[O-])cc2C)c(C)s1. The minimum absolute atomic E-state index is 0.174. The van der Waals surface area contributed by atoms with E-state index in [0.717, 1.165) is 11.3 Å². The van der Waals surface area contributed by atoms with E-state index in [1.54, 1.807) is 24.3 Å². The molecule has 1 unspecified atom stereocenters. The second-order valence-corrected chi connectivity index (χ2v) is 6.91. The van der Waals surface area contributed by atoms with Crippen LogP contribution in [0, 0.1) is 37.8 Å². The fraction of sp³-hybridized carbons (Fsp3) is 0.375. The summed E-state index contributed by atoms with van der Waals surface area (Å²) in [6.07, 6.45) is 0. The lowest BCUT2D eigenvalue weighted by Crippen LogP contribution is -2.08. The maximum atomic E-state index is 11.0. The Labute approximate surface area is 129 Å². The van der Waals surface area contributed by atoms with E-state index in [2.05, 4.69) is 32.2 Å². The second-order valence-electron chi connectivity index (χ2n) is 5.45. The molecule has 2 aromatic rings. The van der Waals surface area contributed by atoms with Gasteiger partial charge in [0.25, 0.3) is 5.69 Å². The molecule has 0 fully saturated rings. The minimum atomic E-state index is -0.331. The number of hydrogen-bond acceptors (Lipinski definition) is 4. The molecule has 4 nitrogen and oxygen atoms in total. The summed E-state index contributed by atoms with van der Waals surface area (Å²) in [6, 6.07) is 5.87. The maximum Gasteiger partial charge on any atom is 0.272 e. The average Bonchev–Trinajstić information content (AvgIpc) is 2.72. The summed E-state index contributed by atoms with van der Waals surface area (Å²) in [7, 11) is 0. The lowest BCUT2D eigenvalue weighted by Gasteiger charge is -2.18. The predicted octanol–water partition coefficient (Wildman–Crippen LogP) is 5.06. The molecular weight excluding hydrogens is 284 g/mol. The Kier molecular flexibility index (Phi) is 4.32. The molecule has 1 N–H and O–H groups in total. The van der Waals surface area contributed by atoms with Crippen LogP contribution < -0.4 is 5.32 Å². The van der Waals surface area contributed by atoms with Gasteiger partial charge in [-0.1, -0.05) is 0 Å². The smallest absolute Gasteiger partial charge is 0.272 e. The van der Waals surface area contributed by atoms with Crippen molar-refractivity contribution in [2.45, 2.75) is 40.7 Å². The first-order valence-electron chi connectivity index (χ1n) is 6.88. The Morgan fingerprint density at radius 3 is 2.33 bits per heavy atom. The molecule has 0 saturated carbocycles. The number of nitro benzene ring substituents is 1. The third-order valence-electron chi connectivity index (χ3n) is 3.66. The van der Waals surface area contributed by atoms with E-state index in [9.17, 15) is 10.1 Å². The molecule has 1 aromatic carbocycles. The van der Waals surface area contributed by atoms with Crippen molar-refractivity contribution in [1.29, 1.82) is 0 Å². The summed E-state index contributed by atoms with van der Waals surface area (Å²) in [5, 5.41) is 14.4. The third-order valence-corrected chi connectivity index (χ3v) is 4.64. The maximum absolute atomic E-state index is 11.0. The summed E-state index contributed by atoms with van der Waals surface area (Å²) in [4.78, 5) is 13.2. The number of aryl methyl sites for hydroxylation is 4. The number of anilines is 1. The first kappa shape index (κ1) is 15.5. The number of nitrogens with one attached hydrogen (secondary N) is 1. The van der Waals surface area contributed by atoms with Gasteiger partial charge < -0.3 is 5.32 Å². The molecule has 21 heavy (non-hydrogen) atoms. The van der Waals surface area contributed by atoms with Crippen molar-refractivity contribution in [3.05, 3.63) is 54.8 Å². The Morgan fingerprint density at radius 1 is 1.14 bits per heavy atom. The van der Waals surface area contributed by atoms with Crippen LogP contribution in [0.1, 0.15) is 39.4 Å². The molecule has 0 spiro atoms. The molecule has 2 rings (SSSR count). The molecule has 0 radical (unpaired) electrons. The largest absolute Gasteiger partial charge is 0.378 e. The highest BCUT2D eigenvalue weighted by molar-refractivity contribution is 7.12. The van der Waals surface area contributed by atoms with E-state index in [4.69, 9.17) is 0 Å². The molecule has 1 atom stereocenters. The average molecular weight is 304 g/mol. The van der Waals surface area contributed by atoms with Crippen molar-refractivity contribution in [3.63, 3.8) is 0 Å². The van der Waals surface area contributed by atoms with Crippen LogP contribution >= 0.6 is 11.3 Å². The second kappa shape index (κ2) is 5.85. The van der Waals surface area contributed by atoms with Crippen molar-refractivity contribution in [1.82, 2.24) is 0 Å². The van der Waals surface area contributed by atoms with E-state index in [1.165, 1.54) is 15.3 Å². The van der Waals surface area contributed by atoms with Crippen LogP contribution in [-0.2, 0) is 0 Å². The van der Waals surface area contributed by atoms with Crippen LogP contribution in [0.15, 0.2) is 18.2 Å². The Bertz CT molecular complexity index is 692. The van der Waals surface area contributed by atoms with Crippen LogP contribution in [0.4, 0.5) is 11.4 Å². The van der Waals surface area contributed by atoms with Gasteiger partial charge in [-0.2, -0.15) is 0 Å². The summed E-state index contributed by atoms with van der Waals surface area (Å²) in [6.45, 7) is 10.0. The van der Waals surface area contributed by atoms with Gasteiger partial charge in [-0.15, -0.1) is 11.3 Å². The Morgan fingerprint density at radius 2 is 1.81 bits per heavy atom.